The van der Waals surface area contributed by atoms with Crippen molar-refractivity contribution in [3.8, 4) is 17.2 Å². The van der Waals surface area contributed by atoms with Crippen LogP contribution in [0.2, 0.25) is 0 Å². The first kappa shape index (κ1) is 18.5. The van der Waals surface area contributed by atoms with Crippen LogP contribution in [0, 0.1) is 11.8 Å². The van der Waals surface area contributed by atoms with Gasteiger partial charge in [0.15, 0.2) is 11.5 Å². The number of hydrogen-bond acceptors (Lipinski definition) is 7. The van der Waals surface area contributed by atoms with Crippen LogP contribution < -0.4 is 14.2 Å². The van der Waals surface area contributed by atoms with Crippen LogP contribution in [0.15, 0.2) is 12.1 Å². The highest BCUT2D eigenvalue weighted by molar-refractivity contribution is 5.51. The third-order valence-corrected chi connectivity index (χ3v) is 6.87. The summed E-state index contributed by atoms with van der Waals surface area (Å²) in [5, 5.41) is 10.8. The third-order valence-electron chi connectivity index (χ3n) is 6.87. The van der Waals surface area contributed by atoms with E-state index in [-0.39, 0.29) is 18.9 Å². The molecule has 154 valence electrons. The molecule has 28 heavy (non-hydrogen) atoms. The SMILES string of the molecule is COc1cc2c(cc1CN1C[C@H]3C[C@@H](N4CCOCC4)[C@H](O)C[C@H]3C1)OCO2. The molecular formula is C21H30N2O5. The highest BCUT2D eigenvalue weighted by Gasteiger charge is 2.43. The maximum absolute atomic E-state index is 10.8. The molecule has 1 aromatic carbocycles. The first-order valence-electron chi connectivity index (χ1n) is 10.4. The van der Waals surface area contributed by atoms with E-state index in [4.69, 9.17) is 18.9 Å². The van der Waals surface area contributed by atoms with Gasteiger partial charge in [0, 0.05) is 50.4 Å². The minimum Gasteiger partial charge on any atom is -0.496 e. The van der Waals surface area contributed by atoms with E-state index in [0.717, 1.165) is 81.6 Å². The molecule has 4 atom stereocenters. The predicted molar refractivity (Wildman–Crippen MR) is 103 cm³/mol. The van der Waals surface area contributed by atoms with Crippen LogP contribution in [0.1, 0.15) is 18.4 Å². The van der Waals surface area contributed by atoms with E-state index in [1.165, 1.54) is 0 Å². The van der Waals surface area contributed by atoms with Gasteiger partial charge in [0.1, 0.15) is 5.75 Å². The van der Waals surface area contributed by atoms with Crippen molar-refractivity contribution < 1.29 is 24.1 Å². The Morgan fingerprint density at radius 2 is 1.79 bits per heavy atom. The average Bonchev–Trinajstić information content (AvgIpc) is 3.32. The Morgan fingerprint density at radius 1 is 1.07 bits per heavy atom. The normalized spacial score (nSPS) is 33.1. The second-order valence-electron chi connectivity index (χ2n) is 8.49. The lowest BCUT2D eigenvalue weighted by molar-refractivity contribution is -0.0520. The minimum absolute atomic E-state index is 0.223. The van der Waals surface area contributed by atoms with Crippen molar-refractivity contribution in [2.45, 2.75) is 31.5 Å². The van der Waals surface area contributed by atoms with Crippen LogP contribution in [0.5, 0.6) is 17.2 Å². The number of aliphatic hydroxyl groups is 1. The van der Waals surface area contributed by atoms with Crippen LogP contribution in [0.25, 0.3) is 0 Å². The fourth-order valence-electron chi connectivity index (χ4n) is 5.46. The summed E-state index contributed by atoms with van der Waals surface area (Å²) < 4.78 is 22.1. The lowest BCUT2D eigenvalue weighted by Crippen LogP contribution is -2.53. The summed E-state index contributed by atoms with van der Waals surface area (Å²) in [6.07, 6.45) is 1.77. The Labute approximate surface area is 166 Å². The summed E-state index contributed by atoms with van der Waals surface area (Å²) in [6.45, 7) is 6.68. The van der Waals surface area contributed by atoms with Gasteiger partial charge in [0.05, 0.1) is 26.4 Å². The van der Waals surface area contributed by atoms with Crippen LogP contribution in [0.3, 0.4) is 0 Å². The minimum atomic E-state index is -0.223. The summed E-state index contributed by atoms with van der Waals surface area (Å²) >= 11 is 0. The second-order valence-corrected chi connectivity index (χ2v) is 8.49. The fraction of sp³-hybridized carbons (Fsp3) is 0.714. The summed E-state index contributed by atoms with van der Waals surface area (Å²) in [5.41, 5.74) is 1.13. The Kier molecular flexibility index (Phi) is 5.09. The Bertz CT molecular complexity index is 708. The number of nitrogens with zero attached hydrogens (tertiary/aromatic N) is 2. The molecule has 1 N–H and O–H groups in total. The van der Waals surface area contributed by atoms with Crippen molar-refractivity contribution in [2.24, 2.45) is 11.8 Å². The van der Waals surface area contributed by atoms with E-state index in [1.807, 2.05) is 6.07 Å². The van der Waals surface area contributed by atoms with E-state index in [0.29, 0.717) is 11.8 Å². The molecule has 1 aromatic rings. The van der Waals surface area contributed by atoms with Crippen LogP contribution in [-0.2, 0) is 11.3 Å². The molecule has 0 bridgehead atoms. The summed E-state index contributed by atoms with van der Waals surface area (Å²) in [6, 6.07) is 4.26. The Hall–Kier alpha value is -1.54. The van der Waals surface area contributed by atoms with Gasteiger partial charge in [-0.3, -0.25) is 9.80 Å². The van der Waals surface area contributed by atoms with Crippen molar-refractivity contribution in [1.29, 1.82) is 0 Å². The molecule has 3 aliphatic heterocycles. The van der Waals surface area contributed by atoms with Gasteiger partial charge < -0.3 is 24.1 Å². The van der Waals surface area contributed by atoms with Gasteiger partial charge in [-0.1, -0.05) is 0 Å². The topological polar surface area (TPSA) is 63.6 Å². The number of aliphatic hydroxyl groups excluding tert-OH is 1. The van der Waals surface area contributed by atoms with Crippen LogP contribution in [-0.4, -0.2) is 80.3 Å². The first-order valence-corrected chi connectivity index (χ1v) is 10.4. The number of likely N-dealkylation sites (tertiary alicyclic amines) is 1. The van der Waals surface area contributed by atoms with Gasteiger partial charge >= 0.3 is 0 Å². The molecule has 5 rings (SSSR count). The Morgan fingerprint density at radius 3 is 2.54 bits per heavy atom. The predicted octanol–water partition coefficient (Wildman–Crippen LogP) is 1.33. The summed E-state index contributed by atoms with van der Waals surface area (Å²) in [4.78, 5) is 4.94. The van der Waals surface area contributed by atoms with Crippen molar-refractivity contribution in [3.05, 3.63) is 17.7 Å². The van der Waals surface area contributed by atoms with E-state index in [9.17, 15) is 5.11 Å². The molecular weight excluding hydrogens is 360 g/mol. The Balaban J connectivity index is 1.26. The van der Waals surface area contributed by atoms with E-state index in [2.05, 4.69) is 15.9 Å². The number of fused-ring (bicyclic) bond motifs is 2. The molecule has 2 saturated heterocycles. The van der Waals surface area contributed by atoms with Crippen molar-refractivity contribution in [3.63, 3.8) is 0 Å². The molecule has 7 heteroatoms. The highest BCUT2D eigenvalue weighted by Crippen LogP contribution is 2.42. The molecule has 4 aliphatic rings. The van der Waals surface area contributed by atoms with Gasteiger partial charge in [-0.15, -0.1) is 0 Å². The molecule has 0 aromatic heterocycles. The standard InChI is InChI=1S/C21H30N2O5/c1-25-19-9-21-20(27-13-28-21)8-16(19)12-22-10-14-6-17(18(24)7-15(14)11-22)23-2-4-26-5-3-23/h8-9,14-15,17-18,24H,2-7,10-13H2,1H3/t14-,15+,17-,18-/m1/s1. The number of benzene rings is 1. The molecule has 7 nitrogen and oxygen atoms in total. The number of ether oxygens (including phenoxy) is 4. The fourth-order valence-corrected chi connectivity index (χ4v) is 5.46. The zero-order valence-corrected chi connectivity index (χ0v) is 16.5. The third kappa shape index (κ3) is 3.45. The number of morpholine rings is 1. The lowest BCUT2D eigenvalue weighted by atomic mass is 9.77. The summed E-state index contributed by atoms with van der Waals surface area (Å²) in [7, 11) is 1.70. The van der Waals surface area contributed by atoms with Gasteiger partial charge in [-0.05, 0) is 30.7 Å². The number of hydrogen-bond donors (Lipinski definition) is 1. The van der Waals surface area contributed by atoms with Gasteiger partial charge in [-0.2, -0.15) is 0 Å². The average molecular weight is 390 g/mol. The quantitative estimate of drug-likeness (QED) is 0.832. The first-order chi connectivity index (χ1) is 13.7. The second kappa shape index (κ2) is 7.71. The van der Waals surface area contributed by atoms with Crippen molar-refractivity contribution in [2.75, 3.05) is 53.3 Å². The van der Waals surface area contributed by atoms with Crippen LogP contribution >= 0.6 is 0 Å². The zero-order valence-electron chi connectivity index (χ0n) is 16.5. The molecule has 1 saturated carbocycles. The van der Waals surface area contributed by atoms with Gasteiger partial charge in [-0.25, -0.2) is 0 Å². The monoisotopic (exact) mass is 390 g/mol. The van der Waals surface area contributed by atoms with E-state index in [1.54, 1.807) is 7.11 Å². The molecule has 0 radical (unpaired) electrons. The highest BCUT2D eigenvalue weighted by atomic mass is 16.7. The molecule has 0 spiro atoms. The van der Waals surface area contributed by atoms with Gasteiger partial charge in [0.2, 0.25) is 6.79 Å². The van der Waals surface area contributed by atoms with Crippen LogP contribution in [0.4, 0.5) is 0 Å². The van der Waals surface area contributed by atoms with E-state index < -0.39 is 0 Å². The largest absolute Gasteiger partial charge is 0.496 e. The van der Waals surface area contributed by atoms with Gasteiger partial charge in [0.25, 0.3) is 0 Å². The number of rotatable bonds is 4. The molecule has 0 amide bonds. The van der Waals surface area contributed by atoms with Crippen molar-refractivity contribution >= 4 is 0 Å². The zero-order chi connectivity index (χ0) is 19.1. The number of methoxy groups -OCH3 is 1. The molecule has 3 heterocycles. The molecule has 1 aliphatic carbocycles. The smallest absolute Gasteiger partial charge is 0.231 e. The lowest BCUT2D eigenvalue weighted by Gasteiger charge is -2.43. The summed E-state index contributed by atoms with van der Waals surface area (Å²) in [5.74, 6) is 3.64. The van der Waals surface area contributed by atoms with E-state index >= 15 is 0 Å². The maximum atomic E-state index is 10.8. The molecule has 3 fully saturated rings. The van der Waals surface area contributed by atoms with Crippen molar-refractivity contribution in [1.82, 2.24) is 9.80 Å². The molecule has 0 unspecified atom stereocenters. The maximum Gasteiger partial charge on any atom is 0.231 e.